The first kappa shape index (κ1) is 13.3. The van der Waals surface area contributed by atoms with Crippen LogP contribution in [0.5, 0.6) is 0 Å². The van der Waals surface area contributed by atoms with Crippen LogP contribution in [0.3, 0.4) is 0 Å². The molecule has 0 N–H and O–H groups in total. The van der Waals surface area contributed by atoms with Crippen LogP contribution in [0.2, 0.25) is 0 Å². The van der Waals surface area contributed by atoms with E-state index in [-0.39, 0.29) is 5.75 Å². The third-order valence-corrected chi connectivity index (χ3v) is 2.91. The van der Waals surface area contributed by atoms with Crippen molar-refractivity contribution in [1.29, 1.82) is 5.26 Å². The molecule has 0 unspecified atom stereocenters. The van der Waals surface area contributed by atoms with Gasteiger partial charge >= 0.3 is 5.97 Å². The number of nitrogens with zero attached hydrogens (tertiary/aromatic N) is 2. The Labute approximate surface area is 104 Å². The van der Waals surface area contributed by atoms with E-state index in [1.54, 1.807) is 0 Å². The Morgan fingerprint density at radius 2 is 2.41 bits per heavy atom. The van der Waals surface area contributed by atoms with Gasteiger partial charge in [0, 0.05) is 5.69 Å². The second-order valence-electron chi connectivity index (χ2n) is 3.32. The molecule has 0 aromatic carbocycles. The Balaban J connectivity index is 2.87. The zero-order valence-corrected chi connectivity index (χ0v) is 10.5. The molecule has 1 aromatic rings. The smallest absolute Gasteiger partial charge is 0.321 e. The van der Waals surface area contributed by atoms with Gasteiger partial charge in [0.15, 0.2) is 0 Å². The third-order valence-electron chi connectivity index (χ3n) is 1.96. The van der Waals surface area contributed by atoms with Gasteiger partial charge in [-0.1, -0.05) is 18.3 Å². The molecule has 0 saturated carbocycles. The topological polar surface area (TPSA) is 63.0 Å². The lowest BCUT2D eigenvalue weighted by molar-refractivity contribution is -0.134. The summed E-state index contributed by atoms with van der Waals surface area (Å²) in [5.74, 6) is -0.300. The molecule has 0 bridgehead atoms. The first-order valence-electron chi connectivity index (χ1n) is 4.90. The van der Waals surface area contributed by atoms with E-state index in [4.69, 9.17) is 5.26 Å². The summed E-state index contributed by atoms with van der Waals surface area (Å²) in [6.07, 6.45) is 1.09. The molecule has 88 valence electrons. The summed E-state index contributed by atoms with van der Waals surface area (Å²) in [4.78, 5) is 15.4. The van der Waals surface area contributed by atoms with Crippen LogP contribution in [0.1, 0.15) is 16.8 Å². The van der Waals surface area contributed by atoms with Crippen LogP contribution in [0.25, 0.3) is 0 Å². The van der Waals surface area contributed by atoms with Crippen LogP contribution >= 0.6 is 11.8 Å². The SMILES string of the molecule is C=COC(=O)CSc1nc(C)cc(C)c1C#N. The minimum absolute atomic E-state index is 0.108. The monoisotopic (exact) mass is 248 g/mol. The zero-order chi connectivity index (χ0) is 12.8. The van der Waals surface area contributed by atoms with Crippen molar-refractivity contribution in [3.8, 4) is 6.07 Å². The van der Waals surface area contributed by atoms with Gasteiger partial charge in [-0.2, -0.15) is 5.26 Å². The summed E-state index contributed by atoms with van der Waals surface area (Å²) < 4.78 is 4.59. The van der Waals surface area contributed by atoms with Crippen LogP contribution < -0.4 is 0 Å². The molecule has 0 aliphatic rings. The maximum Gasteiger partial charge on any atom is 0.321 e. The van der Waals surface area contributed by atoms with Gasteiger partial charge in [-0.05, 0) is 25.5 Å². The number of hydrogen-bond acceptors (Lipinski definition) is 5. The van der Waals surface area contributed by atoms with Crippen molar-refractivity contribution < 1.29 is 9.53 Å². The Hall–Kier alpha value is -1.80. The number of esters is 1. The fourth-order valence-electron chi connectivity index (χ4n) is 1.30. The van der Waals surface area contributed by atoms with E-state index in [9.17, 15) is 4.79 Å². The lowest BCUT2D eigenvalue weighted by atomic mass is 10.1. The second-order valence-corrected chi connectivity index (χ2v) is 4.28. The molecule has 0 spiro atoms. The molecule has 5 heteroatoms. The normalized spacial score (nSPS) is 9.47. The Kier molecular flexibility index (Phi) is 4.73. The molecule has 0 aliphatic carbocycles. The molecule has 0 amide bonds. The number of pyridine rings is 1. The Morgan fingerprint density at radius 1 is 1.71 bits per heavy atom. The lowest BCUT2D eigenvalue weighted by Crippen LogP contribution is -2.04. The van der Waals surface area contributed by atoms with E-state index >= 15 is 0 Å². The van der Waals surface area contributed by atoms with Crippen molar-refractivity contribution in [3.05, 3.63) is 35.7 Å². The highest BCUT2D eigenvalue weighted by molar-refractivity contribution is 7.99. The van der Waals surface area contributed by atoms with Crippen molar-refractivity contribution >= 4 is 17.7 Å². The molecule has 17 heavy (non-hydrogen) atoms. The van der Waals surface area contributed by atoms with Crippen molar-refractivity contribution in [2.75, 3.05) is 5.75 Å². The van der Waals surface area contributed by atoms with Gasteiger partial charge in [-0.25, -0.2) is 4.98 Å². The fourth-order valence-corrected chi connectivity index (χ4v) is 2.18. The second kappa shape index (κ2) is 6.06. The molecule has 0 atom stereocenters. The highest BCUT2D eigenvalue weighted by Crippen LogP contribution is 2.23. The number of thioether (sulfide) groups is 1. The summed E-state index contributed by atoms with van der Waals surface area (Å²) in [6, 6.07) is 3.93. The van der Waals surface area contributed by atoms with Gasteiger partial charge in [0.2, 0.25) is 0 Å². The van der Waals surface area contributed by atoms with E-state index in [0.29, 0.717) is 10.6 Å². The maximum atomic E-state index is 11.2. The summed E-state index contributed by atoms with van der Waals surface area (Å²) >= 11 is 1.19. The van der Waals surface area contributed by atoms with Crippen LogP contribution in [-0.4, -0.2) is 16.7 Å². The molecule has 0 radical (unpaired) electrons. The number of nitriles is 1. The molecule has 1 heterocycles. The number of ether oxygens (including phenoxy) is 1. The van der Waals surface area contributed by atoms with Gasteiger partial charge in [0.1, 0.15) is 11.1 Å². The number of hydrogen-bond donors (Lipinski definition) is 0. The highest BCUT2D eigenvalue weighted by Gasteiger charge is 2.11. The van der Waals surface area contributed by atoms with Gasteiger partial charge in [-0.15, -0.1) is 0 Å². The van der Waals surface area contributed by atoms with Gasteiger partial charge in [0.25, 0.3) is 0 Å². The highest BCUT2D eigenvalue weighted by atomic mass is 32.2. The van der Waals surface area contributed by atoms with E-state index < -0.39 is 5.97 Å². The van der Waals surface area contributed by atoms with Gasteiger partial charge < -0.3 is 4.74 Å². The minimum Gasteiger partial charge on any atom is -0.435 e. The molecule has 4 nitrogen and oxygen atoms in total. The summed E-state index contributed by atoms with van der Waals surface area (Å²) in [5, 5.41) is 9.58. The average Bonchev–Trinajstić information content (AvgIpc) is 2.26. The zero-order valence-electron chi connectivity index (χ0n) is 9.69. The number of aromatic nitrogens is 1. The van der Waals surface area contributed by atoms with Gasteiger partial charge in [0.05, 0.1) is 17.6 Å². The summed E-state index contributed by atoms with van der Waals surface area (Å²) in [6.45, 7) is 6.99. The third kappa shape index (κ3) is 3.61. The van der Waals surface area contributed by atoms with Crippen LogP contribution in [0.4, 0.5) is 0 Å². The van der Waals surface area contributed by atoms with Crippen LogP contribution in [0.15, 0.2) is 23.9 Å². The standard InChI is InChI=1S/C12H12N2O2S/c1-4-16-11(15)7-17-12-10(6-13)8(2)5-9(3)14-12/h4-5H,1,7H2,2-3H3. The largest absolute Gasteiger partial charge is 0.435 e. The molecule has 0 aliphatic heterocycles. The first-order valence-corrected chi connectivity index (χ1v) is 5.88. The molecular formula is C12H12N2O2S. The lowest BCUT2D eigenvalue weighted by Gasteiger charge is -2.06. The maximum absolute atomic E-state index is 11.2. The van der Waals surface area contributed by atoms with Crippen LogP contribution in [-0.2, 0) is 9.53 Å². The van der Waals surface area contributed by atoms with E-state index in [1.165, 1.54) is 11.8 Å². The summed E-state index contributed by atoms with van der Waals surface area (Å²) in [7, 11) is 0. The predicted molar refractivity (Wildman–Crippen MR) is 65.4 cm³/mol. The van der Waals surface area contributed by atoms with Crippen LogP contribution in [0, 0.1) is 25.2 Å². The van der Waals surface area contributed by atoms with E-state index in [1.807, 2.05) is 19.9 Å². The molecule has 0 fully saturated rings. The molecule has 1 rings (SSSR count). The van der Waals surface area contributed by atoms with E-state index in [0.717, 1.165) is 17.5 Å². The quantitative estimate of drug-likeness (QED) is 0.465. The van der Waals surface area contributed by atoms with Crippen molar-refractivity contribution in [3.63, 3.8) is 0 Å². The van der Waals surface area contributed by atoms with Crippen molar-refractivity contribution in [1.82, 2.24) is 4.98 Å². The van der Waals surface area contributed by atoms with Crippen molar-refractivity contribution in [2.45, 2.75) is 18.9 Å². The first-order chi connectivity index (χ1) is 8.08. The number of carbonyl (C=O) groups is 1. The van der Waals surface area contributed by atoms with Gasteiger partial charge in [-0.3, -0.25) is 4.79 Å². The average molecular weight is 248 g/mol. The number of rotatable bonds is 4. The molecular weight excluding hydrogens is 236 g/mol. The van der Waals surface area contributed by atoms with Crippen molar-refractivity contribution in [2.24, 2.45) is 0 Å². The Morgan fingerprint density at radius 3 is 3.00 bits per heavy atom. The predicted octanol–water partition coefficient (Wildman–Crippen LogP) is 2.35. The summed E-state index contributed by atoms with van der Waals surface area (Å²) in [5.41, 5.74) is 2.19. The Bertz CT molecular complexity index is 492. The number of aryl methyl sites for hydroxylation is 2. The minimum atomic E-state index is -0.408. The molecule has 0 saturated heterocycles. The fraction of sp³-hybridized carbons (Fsp3) is 0.250. The molecule has 1 aromatic heterocycles. The number of carbonyl (C=O) groups excluding carboxylic acids is 1. The van der Waals surface area contributed by atoms with E-state index in [2.05, 4.69) is 22.4 Å².